The van der Waals surface area contributed by atoms with Gasteiger partial charge >= 0.3 is 0 Å². The minimum Gasteiger partial charge on any atom is -0.250 e. The molecule has 2 aliphatic carbocycles. The smallest absolute Gasteiger partial charge is 0.0890 e. The number of rotatable bonds is 3. The van der Waals surface area contributed by atoms with Crippen molar-refractivity contribution in [2.45, 2.75) is 50.4 Å². The van der Waals surface area contributed by atoms with Gasteiger partial charge in [0, 0.05) is 11.8 Å². The van der Waals surface area contributed by atoms with Crippen LogP contribution in [0.2, 0.25) is 0 Å². The Morgan fingerprint density at radius 2 is 0.938 bits per heavy atom. The van der Waals surface area contributed by atoms with Crippen molar-refractivity contribution in [2.24, 2.45) is 0 Å². The van der Waals surface area contributed by atoms with Crippen molar-refractivity contribution >= 4 is 0 Å². The summed E-state index contributed by atoms with van der Waals surface area (Å²) in [6.07, 6.45) is 7.04. The molecule has 0 unspecified atom stereocenters. The van der Waals surface area contributed by atoms with E-state index in [9.17, 15) is 0 Å². The maximum Gasteiger partial charge on any atom is 0.0890 e. The molecule has 32 heavy (non-hydrogen) atoms. The van der Waals surface area contributed by atoms with Crippen LogP contribution >= 0.6 is 0 Å². The summed E-state index contributed by atoms with van der Waals surface area (Å²) in [6.45, 7) is 0. The van der Waals surface area contributed by atoms with Crippen LogP contribution in [0.3, 0.4) is 0 Å². The molecule has 2 heteroatoms. The van der Waals surface area contributed by atoms with E-state index < -0.39 is 0 Å². The predicted molar refractivity (Wildman–Crippen MR) is 130 cm³/mol. The molecular formula is C30H28N2. The summed E-state index contributed by atoms with van der Waals surface area (Å²) in [6, 6.07) is 30.7. The Labute approximate surface area is 190 Å². The zero-order valence-corrected chi connectivity index (χ0v) is 18.4. The lowest BCUT2D eigenvalue weighted by Gasteiger charge is -2.27. The Kier molecular flexibility index (Phi) is 5.07. The van der Waals surface area contributed by atoms with E-state index in [4.69, 9.17) is 9.97 Å². The summed E-state index contributed by atoms with van der Waals surface area (Å²) < 4.78 is 0. The molecule has 0 aliphatic heterocycles. The first-order valence-corrected chi connectivity index (χ1v) is 12.0. The fourth-order valence-corrected chi connectivity index (χ4v) is 5.61. The Hall–Kier alpha value is -3.26. The molecule has 0 amide bonds. The van der Waals surface area contributed by atoms with Gasteiger partial charge in [0.05, 0.1) is 22.8 Å². The standard InChI is InChI=1S/C30H28N2/c1-3-9-21(10-4-1)25-15-7-13-23-17-19-27(31-29(23)25)28-20-18-24-14-8-16-26(30(24)32-28)22-11-5-2-6-12-22/h1-6,9-12,17-20,25-26H,7-8,13-16H2/t25-,26-/m1/s1. The highest BCUT2D eigenvalue weighted by molar-refractivity contribution is 5.58. The average Bonchev–Trinajstić information content (AvgIpc) is 2.88. The molecule has 0 radical (unpaired) electrons. The maximum atomic E-state index is 5.23. The summed E-state index contributed by atoms with van der Waals surface area (Å²) in [7, 11) is 0. The van der Waals surface area contributed by atoms with E-state index in [-0.39, 0.29) is 0 Å². The highest BCUT2D eigenvalue weighted by atomic mass is 14.8. The number of aryl methyl sites for hydroxylation is 2. The van der Waals surface area contributed by atoms with E-state index >= 15 is 0 Å². The first kappa shape index (κ1) is 19.4. The lowest BCUT2D eigenvalue weighted by Crippen LogP contribution is -2.15. The lowest BCUT2D eigenvalue weighted by molar-refractivity contribution is 0.596. The van der Waals surface area contributed by atoms with Gasteiger partial charge in [0.1, 0.15) is 0 Å². The summed E-state index contributed by atoms with van der Waals surface area (Å²) in [5, 5.41) is 0. The van der Waals surface area contributed by atoms with Crippen molar-refractivity contribution in [3.8, 4) is 11.4 Å². The number of benzene rings is 2. The molecule has 2 atom stereocenters. The fourth-order valence-electron chi connectivity index (χ4n) is 5.61. The average molecular weight is 417 g/mol. The first-order chi connectivity index (χ1) is 15.9. The zero-order valence-electron chi connectivity index (χ0n) is 18.4. The lowest BCUT2D eigenvalue weighted by atomic mass is 9.81. The van der Waals surface area contributed by atoms with Crippen LogP contribution in [-0.2, 0) is 12.8 Å². The highest BCUT2D eigenvalue weighted by Gasteiger charge is 2.26. The topological polar surface area (TPSA) is 25.8 Å². The molecule has 4 aromatic rings. The summed E-state index contributed by atoms with van der Waals surface area (Å²) >= 11 is 0. The summed E-state index contributed by atoms with van der Waals surface area (Å²) in [5.41, 5.74) is 10.1. The van der Waals surface area contributed by atoms with Crippen LogP contribution in [0.1, 0.15) is 71.2 Å². The van der Waals surface area contributed by atoms with Crippen molar-refractivity contribution in [1.82, 2.24) is 9.97 Å². The Morgan fingerprint density at radius 1 is 0.500 bits per heavy atom. The third kappa shape index (κ3) is 3.54. The van der Waals surface area contributed by atoms with Gasteiger partial charge in [-0.2, -0.15) is 0 Å². The minimum absolute atomic E-state index is 0.384. The van der Waals surface area contributed by atoms with Gasteiger partial charge < -0.3 is 0 Å². The normalized spacial score (nSPS) is 19.8. The SMILES string of the molecule is c1ccc([C@H]2CCCc3ccc(-c4ccc5c(n4)[C@@H](c4ccccc4)CCC5)nc32)cc1. The van der Waals surface area contributed by atoms with E-state index in [2.05, 4.69) is 84.9 Å². The van der Waals surface area contributed by atoms with Crippen LogP contribution in [0, 0.1) is 0 Å². The second-order valence-corrected chi connectivity index (χ2v) is 9.19. The molecule has 2 heterocycles. The quantitative estimate of drug-likeness (QED) is 0.357. The molecule has 2 aromatic heterocycles. The molecule has 0 saturated carbocycles. The van der Waals surface area contributed by atoms with Crippen molar-refractivity contribution < 1.29 is 0 Å². The first-order valence-electron chi connectivity index (χ1n) is 12.0. The van der Waals surface area contributed by atoms with Crippen LogP contribution in [-0.4, -0.2) is 9.97 Å². The third-order valence-electron chi connectivity index (χ3n) is 7.23. The van der Waals surface area contributed by atoms with Crippen molar-refractivity contribution in [1.29, 1.82) is 0 Å². The number of pyridine rings is 2. The monoisotopic (exact) mass is 416 g/mol. The number of aromatic nitrogens is 2. The van der Waals surface area contributed by atoms with E-state index in [0.717, 1.165) is 24.2 Å². The Morgan fingerprint density at radius 3 is 1.38 bits per heavy atom. The number of fused-ring (bicyclic) bond motifs is 2. The molecule has 0 bridgehead atoms. The van der Waals surface area contributed by atoms with Gasteiger partial charge in [-0.15, -0.1) is 0 Å². The second-order valence-electron chi connectivity index (χ2n) is 9.19. The van der Waals surface area contributed by atoms with Gasteiger partial charge in [0.2, 0.25) is 0 Å². The van der Waals surface area contributed by atoms with Gasteiger partial charge in [0.15, 0.2) is 0 Å². The molecule has 2 aliphatic rings. The highest BCUT2D eigenvalue weighted by Crippen LogP contribution is 2.38. The molecular weight excluding hydrogens is 388 g/mol. The molecule has 0 spiro atoms. The van der Waals surface area contributed by atoms with Gasteiger partial charge in [-0.1, -0.05) is 72.8 Å². The summed E-state index contributed by atoms with van der Waals surface area (Å²) in [5.74, 6) is 0.768. The van der Waals surface area contributed by atoms with Crippen LogP contribution in [0.15, 0.2) is 84.9 Å². The molecule has 2 nitrogen and oxygen atoms in total. The van der Waals surface area contributed by atoms with Gasteiger partial charge in [-0.05, 0) is 72.9 Å². The zero-order chi connectivity index (χ0) is 21.3. The van der Waals surface area contributed by atoms with Crippen LogP contribution in [0.25, 0.3) is 11.4 Å². The van der Waals surface area contributed by atoms with Crippen LogP contribution in [0.5, 0.6) is 0 Å². The van der Waals surface area contributed by atoms with Crippen molar-refractivity contribution in [3.63, 3.8) is 0 Å². The molecule has 0 fully saturated rings. The van der Waals surface area contributed by atoms with Crippen LogP contribution < -0.4 is 0 Å². The third-order valence-corrected chi connectivity index (χ3v) is 7.23. The van der Waals surface area contributed by atoms with Crippen molar-refractivity contribution in [3.05, 3.63) is 119 Å². The number of nitrogens with zero attached hydrogens (tertiary/aromatic N) is 2. The largest absolute Gasteiger partial charge is 0.250 e. The minimum atomic E-state index is 0.384. The molecule has 0 saturated heterocycles. The van der Waals surface area contributed by atoms with Crippen molar-refractivity contribution in [2.75, 3.05) is 0 Å². The van der Waals surface area contributed by atoms with E-state index in [1.54, 1.807) is 0 Å². The molecule has 6 rings (SSSR count). The van der Waals surface area contributed by atoms with Gasteiger partial charge in [0.25, 0.3) is 0 Å². The fraction of sp³-hybridized carbons (Fsp3) is 0.267. The molecule has 0 N–H and O–H groups in total. The number of hydrogen-bond donors (Lipinski definition) is 0. The van der Waals surface area contributed by atoms with Crippen LogP contribution in [0.4, 0.5) is 0 Å². The van der Waals surface area contributed by atoms with E-state index in [1.807, 2.05) is 0 Å². The number of hydrogen-bond acceptors (Lipinski definition) is 2. The summed E-state index contributed by atoms with van der Waals surface area (Å²) in [4.78, 5) is 10.5. The predicted octanol–water partition coefficient (Wildman–Crippen LogP) is 7.08. The second kappa shape index (κ2) is 8.35. The molecule has 158 valence electrons. The molecule has 2 aromatic carbocycles. The van der Waals surface area contributed by atoms with Gasteiger partial charge in [-0.25, -0.2) is 0 Å². The van der Waals surface area contributed by atoms with Gasteiger partial charge in [-0.3, -0.25) is 9.97 Å². The maximum absolute atomic E-state index is 5.23. The van der Waals surface area contributed by atoms with E-state index in [1.165, 1.54) is 59.3 Å². The Bertz CT molecular complexity index is 1130. The Balaban J connectivity index is 1.41. The van der Waals surface area contributed by atoms with E-state index in [0.29, 0.717) is 11.8 Å².